The summed E-state index contributed by atoms with van der Waals surface area (Å²) < 4.78 is 2.10. The summed E-state index contributed by atoms with van der Waals surface area (Å²) in [5, 5.41) is 19.7. The quantitative estimate of drug-likeness (QED) is 0.569. The Morgan fingerprint density at radius 2 is 1.85 bits per heavy atom. The van der Waals surface area contributed by atoms with Gasteiger partial charge in [0, 0.05) is 67.6 Å². The number of nitrogens with zero attached hydrogens (tertiary/aromatic N) is 7. The van der Waals surface area contributed by atoms with E-state index in [1.165, 1.54) is 11.5 Å². The molecular weight excluding hydrogens is 448 g/mol. The predicted molar refractivity (Wildman–Crippen MR) is 137 cm³/mol. The first-order valence-electron chi connectivity index (χ1n) is 12.1. The molecule has 3 fully saturated rings. The minimum absolute atomic E-state index is 0.253. The first kappa shape index (κ1) is 21.9. The molecule has 0 atom stereocenters. The van der Waals surface area contributed by atoms with Crippen LogP contribution < -0.4 is 15.1 Å². The second kappa shape index (κ2) is 7.98. The number of rotatable bonds is 5. The standard InChI is InChI=1S/C24H32N8OS/c1-16(2)32-18-10-20(26-11-17(18)21(29-32)31-12-24(13-31)14-34-15-24)27-19-4-7-25-22(28-19)30-8-5-23(3,33)6-9-30/h4,7,10-11,16,33H,5-6,8-9,12-15H2,1-3H3,(H,25,26,27,28). The number of pyridine rings is 1. The Morgan fingerprint density at radius 1 is 1.09 bits per heavy atom. The van der Waals surface area contributed by atoms with Gasteiger partial charge < -0.3 is 20.2 Å². The van der Waals surface area contributed by atoms with Crippen LogP contribution >= 0.6 is 11.8 Å². The molecule has 3 aliphatic rings. The van der Waals surface area contributed by atoms with Crippen molar-refractivity contribution in [2.24, 2.45) is 5.41 Å². The van der Waals surface area contributed by atoms with Crippen LogP contribution in [0.1, 0.15) is 39.7 Å². The lowest BCUT2D eigenvalue weighted by Crippen LogP contribution is -2.63. The van der Waals surface area contributed by atoms with Gasteiger partial charge in [-0.2, -0.15) is 21.8 Å². The number of thioether (sulfide) groups is 1. The molecule has 0 amide bonds. The molecule has 180 valence electrons. The summed E-state index contributed by atoms with van der Waals surface area (Å²) in [5.41, 5.74) is 0.999. The third-order valence-electron chi connectivity index (χ3n) is 7.25. The lowest BCUT2D eigenvalue weighted by molar-refractivity contribution is 0.0349. The number of piperidine rings is 1. The van der Waals surface area contributed by atoms with Gasteiger partial charge in [-0.25, -0.2) is 9.97 Å². The molecule has 0 radical (unpaired) electrons. The third kappa shape index (κ3) is 3.86. The average molecular weight is 481 g/mol. The number of nitrogens with one attached hydrogen (secondary N) is 1. The smallest absolute Gasteiger partial charge is 0.227 e. The summed E-state index contributed by atoms with van der Waals surface area (Å²) >= 11 is 2.05. The van der Waals surface area contributed by atoms with Crippen LogP contribution in [-0.4, -0.2) is 73.1 Å². The fourth-order valence-corrected chi connectivity index (χ4v) is 6.24. The van der Waals surface area contributed by atoms with E-state index in [4.69, 9.17) is 15.1 Å². The normalized spacial score (nSPS) is 21.1. The van der Waals surface area contributed by atoms with Crippen molar-refractivity contribution in [3.05, 3.63) is 24.5 Å². The molecule has 0 saturated carbocycles. The highest BCUT2D eigenvalue weighted by atomic mass is 32.2. The molecule has 3 saturated heterocycles. The molecule has 9 nitrogen and oxygen atoms in total. The first-order chi connectivity index (χ1) is 16.3. The van der Waals surface area contributed by atoms with Crippen LogP contribution in [0.4, 0.5) is 23.4 Å². The lowest BCUT2D eigenvalue weighted by atomic mass is 9.83. The molecule has 6 rings (SSSR count). The summed E-state index contributed by atoms with van der Waals surface area (Å²) in [6.45, 7) is 9.90. The SMILES string of the molecule is CC(C)n1nc(N2CC3(CSC3)C2)c2cnc(Nc3ccnc(N4CCC(C)(O)CC4)n3)cc21. The molecule has 2 N–H and O–H groups in total. The second-order valence-electron chi connectivity index (χ2n) is 10.6. The van der Waals surface area contributed by atoms with Gasteiger partial charge in [0.2, 0.25) is 5.95 Å². The van der Waals surface area contributed by atoms with E-state index in [-0.39, 0.29) is 6.04 Å². The summed E-state index contributed by atoms with van der Waals surface area (Å²) in [6, 6.07) is 4.18. The van der Waals surface area contributed by atoms with Crippen LogP contribution in [0, 0.1) is 5.41 Å². The zero-order valence-corrected chi connectivity index (χ0v) is 20.8. The number of fused-ring (bicyclic) bond motifs is 1. The van der Waals surface area contributed by atoms with Crippen LogP contribution in [0.15, 0.2) is 24.5 Å². The first-order valence-corrected chi connectivity index (χ1v) is 13.2. The summed E-state index contributed by atoms with van der Waals surface area (Å²) in [5.74, 6) is 5.72. The van der Waals surface area contributed by atoms with Crippen molar-refractivity contribution >= 4 is 46.1 Å². The van der Waals surface area contributed by atoms with E-state index >= 15 is 0 Å². The highest BCUT2D eigenvalue weighted by Gasteiger charge is 2.49. The van der Waals surface area contributed by atoms with E-state index < -0.39 is 5.60 Å². The Bertz CT molecular complexity index is 1200. The third-order valence-corrected chi connectivity index (χ3v) is 8.89. The van der Waals surface area contributed by atoms with Crippen LogP contribution in [0.3, 0.4) is 0 Å². The molecule has 0 aromatic carbocycles. The van der Waals surface area contributed by atoms with Gasteiger partial charge in [-0.05, 0) is 39.7 Å². The molecule has 3 aromatic heterocycles. The van der Waals surface area contributed by atoms with E-state index in [0.29, 0.717) is 30.0 Å². The second-order valence-corrected chi connectivity index (χ2v) is 11.6. The van der Waals surface area contributed by atoms with E-state index in [0.717, 1.165) is 48.7 Å². The topological polar surface area (TPSA) is 95.2 Å². The lowest BCUT2D eigenvalue weighted by Gasteiger charge is -2.55. The van der Waals surface area contributed by atoms with Crippen molar-refractivity contribution in [1.29, 1.82) is 0 Å². The Balaban J connectivity index is 1.24. The van der Waals surface area contributed by atoms with Crippen molar-refractivity contribution in [3.8, 4) is 0 Å². The van der Waals surface area contributed by atoms with Crippen molar-refractivity contribution in [3.63, 3.8) is 0 Å². The Kier molecular flexibility index (Phi) is 5.14. The molecule has 0 bridgehead atoms. The summed E-state index contributed by atoms with van der Waals surface area (Å²) in [6.07, 6.45) is 5.13. The molecule has 3 aromatic rings. The van der Waals surface area contributed by atoms with Crippen molar-refractivity contribution in [1.82, 2.24) is 24.7 Å². The highest BCUT2D eigenvalue weighted by molar-refractivity contribution is 8.00. The van der Waals surface area contributed by atoms with Crippen molar-refractivity contribution < 1.29 is 5.11 Å². The minimum atomic E-state index is -0.600. The highest BCUT2D eigenvalue weighted by Crippen LogP contribution is 2.47. The Labute approximate surface area is 204 Å². The largest absolute Gasteiger partial charge is 0.390 e. The van der Waals surface area contributed by atoms with E-state index in [9.17, 15) is 5.11 Å². The van der Waals surface area contributed by atoms with Crippen LogP contribution in [-0.2, 0) is 0 Å². The van der Waals surface area contributed by atoms with Crippen molar-refractivity contribution in [2.45, 2.75) is 45.3 Å². The van der Waals surface area contributed by atoms with Crippen molar-refractivity contribution in [2.75, 3.05) is 52.8 Å². The number of anilines is 4. The molecule has 1 spiro atoms. The maximum atomic E-state index is 10.2. The molecule has 0 aliphatic carbocycles. The fraction of sp³-hybridized carbons (Fsp3) is 0.583. The molecule has 34 heavy (non-hydrogen) atoms. The van der Waals surface area contributed by atoms with Gasteiger partial charge in [0.05, 0.1) is 16.5 Å². The molecule has 10 heteroatoms. The number of hydrogen-bond donors (Lipinski definition) is 2. The molecule has 3 aliphatic heterocycles. The maximum absolute atomic E-state index is 10.2. The zero-order valence-electron chi connectivity index (χ0n) is 20.0. The van der Waals surface area contributed by atoms with Gasteiger partial charge in [-0.1, -0.05) is 0 Å². The van der Waals surface area contributed by atoms with Crippen LogP contribution in [0.25, 0.3) is 10.9 Å². The van der Waals surface area contributed by atoms with Gasteiger partial charge >= 0.3 is 0 Å². The Morgan fingerprint density at radius 3 is 2.53 bits per heavy atom. The summed E-state index contributed by atoms with van der Waals surface area (Å²) in [4.78, 5) is 18.4. The summed E-state index contributed by atoms with van der Waals surface area (Å²) in [7, 11) is 0. The number of aliphatic hydroxyl groups is 1. The number of aromatic nitrogens is 5. The van der Waals surface area contributed by atoms with E-state index in [1.807, 2.05) is 30.9 Å². The van der Waals surface area contributed by atoms with Crippen LogP contribution in [0.5, 0.6) is 0 Å². The zero-order chi connectivity index (χ0) is 23.5. The van der Waals surface area contributed by atoms with Gasteiger partial charge in [0.15, 0.2) is 5.82 Å². The predicted octanol–water partition coefficient (Wildman–Crippen LogP) is 3.45. The monoisotopic (exact) mass is 480 g/mol. The molecular formula is C24H32N8OS. The van der Waals surface area contributed by atoms with Gasteiger partial charge in [0.1, 0.15) is 11.6 Å². The van der Waals surface area contributed by atoms with Gasteiger partial charge in [-0.3, -0.25) is 4.68 Å². The molecule has 6 heterocycles. The minimum Gasteiger partial charge on any atom is -0.390 e. The van der Waals surface area contributed by atoms with Gasteiger partial charge in [-0.15, -0.1) is 0 Å². The molecule has 0 unspecified atom stereocenters. The average Bonchev–Trinajstić information content (AvgIpc) is 3.11. The number of hydrogen-bond acceptors (Lipinski definition) is 9. The van der Waals surface area contributed by atoms with Crippen LogP contribution in [0.2, 0.25) is 0 Å². The maximum Gasteiger partial charge on any atom is 0.227 e. The fourth-order valence-electron chi connectivity index (χ4n) is 5.09. The van der Waals surface area contributed by atoms with E-state index in [2.05, 4.69) is 44.7 Å². The Hall–Kier alpha value is -2.59. The van der Waals surface area contributed by atoms with E-state index in [1.54, 1.807) is 6.20 Å². The van der Waals surface area contributed by atoms with Gasteiger partial charge in [0.25, 0.3) is 0 Å².